The molecule has 26 heavy (non-hydrogen) atoms. The van der Waals surface area contributed by atoms with Crippen molar-refractivity contribution >= 4 is 12.2 Å². The average Bonchev–Trinajstić information content (AvgIpc) is 2.48. The maximum absolute atomic E-state index is 12.6. The molecule has 2 amide bonds. The fourth-order valence-corrected chi connectivity index (χ4v) is 2.12. The van der Waals surface area contributed by atoms with Crippen molar-refractivity contribution in [1.82, 2.24) is 10.4 Å². The molecule has 0 bridgehead atoms. The Morgan fingerprint density at radius 1 is 1.04 bits per heavy atom. The normalized spacial score (nSPS) is 12.9. The van der Waals surface area contributed by atoms with E-state index in [2.05, 4.69) is 5.43 Å². The summed E-state index contributed by atoms with van der Waals surface area (Å²) in [6.07, 6.45) is -1.22. The molecule has 146 valence electrons. The maximum atomic E-state index is 12.6. The van der Waals surface area contributed by atoms with E-state index >= 15 is 0 Å². The smallest absolute Gasteiger partial charge is 0.429 e. The molecule has 7 heteroatoms. The monoisotopic (exact) mass is 366 g/mol. The van der Waals surface area contributed by atoms with Gasteiger partial charge in [0.05, 0.1) is 12.6 Å². The van der Waals surface area contributed by atoms with Gasteiger partial charge in [-0.1, -0.05) is 30.3 Å². The summed E-state index contributed by atoms with van der Waals surface area (Å²) in [5.41, 5.74) is 1.84. The lowest BCUT2D eigenvalue weighted by atomic mass is 10.1. The summed E-state index contributed by atoms with van der Waals surface area (Å²) in [5.74, 6) is 0. The predicted molar refractivity (Wildman–Crippen MR) is 98.5 cm³/mol. The zero-order valence-electron chi connectivity index (χ0n) is 16.4. The van der Waals surface area contributed by atoms with Crippen molar-refractivity contribution in [2.24, 2.45) is 0 Å². The Labute approximate surface area is 155 Å². The molecule has 0 saturated heterocycles. The highest BCUT2D eigenvalue weighted by Crippen LogP contribution is 2.14. The van der Waals surface area contributed by atoms with Gasteiger partial charge in [0.2, 0.25) is 0 Å². The first-order chi connectivity index (χ1) is 11.9. The van der Waals surface area contributed by atoms with Crippen molar-refractivity contribution in [3.63, 3.8) is 0 Å². The number of benzene rings is 1. The van der Waals surface area contributed by atoms with Crippen molar-refractivity contribution in [3.8, 4) is 0 Å². The number of hydrogen-bond donors (Lipinski definition) is 2. The predicted octanol–water partition coefficient (Wildman–Crippen LogP) is 3.27. The summed E-state index contributed by atoms with van der Waals surface area (Å²) in [6.45, 7) is 9.97. The minimum atomic E-state index is -0.796. The minimum Gasteiger partial charge on any atom is -0.443 e. The quantitative estimate of drug-likeness (QED) is 0.799. The van der Waals surface area contributed by atoms with E-state index in [0.29, 0.717) is 6.42 Å². The Kier molecular flexibility index (Phi) is 7.44. The molecule has 0 unspecified atom stereocenters. The Bertz CT molecular complexity index is 590. The molecule has 0 radical (unpaired) electrons. The lowest BCUT2D eigenvalue weighted by Crippen LogP contribution is -2.56. The van der Waals surface area contributed by atoms with Gasteiger partial charge >= 0.3 is 12.2 Å². The molecule has 1 atom stereocenters. The van der Waals surface area contributed by atoms with Crippen LogP contribution >= 0.6 is 0 Å². The summed E-state index contributed by atoms with van der Waals surface area (Å²) < 4.78 is 10.6. The van der Waals surface area contributed by atoms with Crippen molar-refractivity contribution in [2.75, 3.05) is 6.61 Å². The number of ether oxygens (including phenoxy) is 2. The molecule has 0 aromatic heterocycles. The van der Waals surface area contributed by atoms with E-state index in [4.69, 9.17) is 9.47 Å². The van der Waals surface area contributed by atoms with Crippen LogP contribution in [0.15, 0.2) is 30.3 Å². The van der Waals surface area contributed by atoms with Crippen LogP contribution in [0, 0.1) is 0 Å². The van der Waals surface area contributed by atoms with Crippen LogP contribution in [-0.4, -0.2) is 46.2 Å². The van der Waals surface area contributed by atoms with Crippen LogP contribution in [0.3, 0.4) is 0 Å². The van der Waals surface area contributed by atoms with E-state index in [1.165, 1.54) is 0 Å². The van der Waals surface area contributed by atoms with Crippen LogP contribution in [0.4, 0.5) is 9.59 Å². The zero-order valence-corrected chi connectivity index (χ0v) is 16.4. The van der Waals surface area contributed by atoms with Crippen molar-refractivity contribution in [1.29, 1.82) is 0 Å². The van der Waals surface area contributed by atoms with Gasteiger partial charge in [-0.15, -0.1) is 0 Å². The zero-order chi connectivity index (χ0) is 20.0. The first-order valence-electron chi connectivity index (χ1n) is 8.58. The SMILES string of the molecule is CC(C)(C)OC(=O)NN(C(=O)OC(C)(C)C)[C@H](CO)Cc1ccccc1. The highest BCUT2D eigenvalue weighted by Gasteiger charge is 2.31. The number of nitrogens with zero attached hydrogens (tertiary/aromatic N) is 1. The van der Waals surface area contributed by atoms with Crippen LogP contribution in [0.1, 0.15) is 47.1 Å². The van der Waals surface area contributed by atoms with Gasteiger partial charge in [-0.25, -0.2) is 20.0 Å². The topological polar surface area (TPSA) is 88.1 Å². The third kappa shape index (κ3) is 8.20. The van der Waals surface area contributed by atoms with Crippen LogP contribution < -0.4 is 5.43 Å². The number of aliphatic hydroxyl groups excluding tert-OH is 1. The Balaban J connectivity index is 2.99. The first kappa shape index (κ1) is 21.8. The fourth-order valence-electron chi connectivity index (χ4n) is 2.12. The van der Waals surface area contributed by atoms with Crippen LogP contribution in [-0.2, 0) is 15.9 Å². The van der Waals surface area contributed by atoms with Gasteiger partial charge in [-0.05, 0) is 53.5 Å². The standard InChI is InChI=1S/C19H30N2O5/c1-18(2,3)25-16(23)20-21(17(24)26-19(4,5)6)15(13-22)12-14-10-8-7-9-11-14/h7-11,15,22H,12-13H2,1-6H3,(H,20,23)/t15-/m0/s1. The van der Waals surface area contributed by atoms with E-state index in [1.54, 1.807) is 41.5 Å². The maximum Gasteiger partial charge on any atom is 0.429 e. The summed E-state index contributed by atoms with van der Waals surface area (Å²) in [5, 5.41) is 10.8. The third-order valence-electron chi connectivity index (χ3n) is 3.09. The van der Waals surface area contributed by atoms with E-state index in [1.807, 2.05) is 30.3 Å². The van der Waals surface area contributed by atoms with Crippen molar-refractivity contribution in [3.05, 3.63) is 35.9 Å². The minimum absolute atomic E-state index is 0.340. The van der Waals surface area contributed by atoms with Crippen LogP contribution in [0.25, 0.3) is 0 Å². The van der Waals surface area contributed by atoms with Gasteiger partial charge in [0.15, 0.2) is 0 Å². The van der Waals surface area contributed by atoms with Crippen molar-refractivity contribution in [2.45, 2.75) is 65.2 Å². The van der Waals surface area contributed by atoms with E-state index in [9.17, 15) is 14.7 Å². The summed E-state index contributed by atoms with van der Waals surface area (Å²) >= 11 is 0. The lowest BCUT2D eigenvalue weighted by Gasteiger charge is -2.33. The van der Waals surface area contributed by atoms with Gasteiger partial charge < -0.3 is 14.6 Å². The molecular weight excluding hydrogens is 336 g/mol. The molecule has 1 aromatic carbocycles. The highest BCUT2D eigenvalue weighted by molar-refractivity contribution is 5.74. The van der Waals surface area contributed by atoms with Gasteiger partial charge in [-0.2, -0.15) is 0 Å². The molecule has 0 heterocycles. The average molecular weight is 366 g/mol. The number of carbonyl (C=O) groups excluding carboxylic acids is 2. The molecule has 2 N–H and O–H groups in total. The van der Waals surface area contributed by atoms with E-state index < -0.39 is 29.4 Å². The fraction of sp³-hybridized carbons (Fsp3) is 0.579. The van der Waals surface area contributed by atoms with Gasteiger partial charge in [0.1, 0.15) is 11.2 Å². The highest BCUT2D eigenvalue weighted by atomic mass is 16.6. The first-order valence-corrected chi connectivity index (χ1v) is 8.58. The molecule has 0 aliphatic rings. The third-order valence-corrected chi connectivity index (χ3v) is 3.09. The van der Waals surface area contributed by atoms with Crippen molar-refractivity contribution < 1.29 is 24.2 Å². The number of carbonyl (C=O) groups is 2. The van der Waals surface area contributed by atoms with Crippen LogP contribution in [0.5, 0.6) is 0 Å². The molecule has 1 rings (SSSR count). The molecular formula is C19H30N2O5. The number of rotatable bonds is 4. The van der Waals surface area contributed by atoms with Gasteiger partial charge in [0.25, 0.3) is 0 Å². The Hall–Kier alpha value is -2.28. The second kappa shape index (κ2) is 8.89. The number of nitrogens with one attached hydrogen (secondary N) is 1. The molecule has 0 fully saturated rings. The summed E-state index contributed by atoms with van der Waals surface area (Å²) in [6, 6.07) is 8.65. The van der Waals surface area contributed by atoms with Crippen LogP contribution in [0.2, 0.25) is 0 Å². The second-order valence-corrected chi connectivity index (χ2v) is 7.99. The van der Waals surface area contributed by atoms with E-state index in [0.717, 1.165) is 10.6 Å². The Morgan fingerprint density at radius 2 is 1.58 bits per heavy atom. The molecule has 0 aliphatic carbocycles. The van der Waals surface area contributed by atoms with Gasteiger partial charge in [-0.3, -0.25) is 0 Å². The number of aliphatic hydroxyl groups is 1. The van der Waals surface area contributed by atoms with E-state index in [-0.39, 0.29) is 6.61 Å². The number of amides is 2. The number of hydrazine groups is 1. The Morgan fingerprint density at radius 3 is 2.04 bits per heavy atom. The van der Waals surface area contributed by atoms with Gasteiger partial charge in [0, 0.05) is 0 Å². The molecule has 0 saturated carbocycles. The molecule has 0 spiro atoms. The lowest BCUT2D eigenvalue weighted by molar-refractivity contribution is -0.0163. The second-order valence-electron chi connectivity index (χ2n) is 7.99. The molecule has 1 aromatic rings. The number of hydrogen-bond acceptors (Lipinski definition) is 5. The molecule has 0 aliphatic heterocycles. The molecule has 7 nitrogen and oxygen atoms in total. The largest absolute Gasteiger partial charge is 0.443 e. The summed E-state index contributed by atoms with van der Waals surface area (Å²) in [4.78, 5) is 24.7. The summed E-state index contributed by atoms with van der Waals surface area (Å²) in [7, 11) is 0.